The molecule has 0 bridgehead atoms. The molecule has 2 atom stereocenters. The van der Waals surface area contributed by atoms with E-state index in [0.29, 0.717) is 26.9 Å². The molecule has 4 aliphatic rings. The van der Waals surface area contributed by atoms with Crippen molar-refractivity contribution in [3.63, 3.8) is 0 Å². The Morgan fingerprint density at radius 3 is 2.25 bits per heavy atom. The minimum absolute atomic E-state index is 0.0265. The van der Waals surface area contributed by atoms with E-state index in [9.17, 15) is 34.2 Å². The summed E-state index contributed by atoms with van der Waals surface area (Å²) in [6.45, 7) is 6.89. The lowest BCUT2D eigenvalue weighted by Crippen LogP contribution is -2.71. The molecule has 79 heavy (non-hydrogen) atoms. The van der Waals surface area contributed by atoms with Crippen molar-refractivity contribution in [3.8, 4) is 17.1 Å². The monoisotopic (exact) mass is 1140 g/mol. The van der Waals surface area contributed by atoms with Crippen molar-refractivity contribution < 1.29 is 43.6 Å². The number of hydrogen-bond acceptors (Lipinski definition) is 16. The molecule has 0 unspecified atom stereocenters. The highest BCUT2D eigenvalue weighted by atomic mass is 35.5. The number of aromatic nitrogens is 5. The summed E-state index contributed by atoms with van der Waals surface area (Å²) in [5, 5.41) is 34.1. The second-order valence-corrected chi connectivity index (χ2v) is 21.2. The maximum atomic E-state index is 13.1. The SMILES string of the molecule is CC(C)(O/N=C(\C(=O)N[C@@H]1C(=O)N2C(C(=O)[O-])=C(C[n+]3ccccc3)CS[C@H]12)c1csc(N)n1)C(=O)O.CC(C)/N=c1\cc2n(-c3ccc(Cl)cc3)c3ccccc3nc-2cc1Nc1ccc(Cl)cc1.NC(=O)c1cccnc1. The summed E-state index contributed by atoms with van der Waals surface area (Å²) < 4.78 is 3.99. The van der Waals surface area contributed by atoms with E-state index in [1.807, 2.05) is 72.8 Å². The van der Waals surface area contributed by atoms with Gasteiger partial charge in [-0.15, -0.1) is 23.1 Å². The largest absolute Gasteiger partial charge is 0.543 e. The van der Waals surface area contributed by atoms with Gasteiger partial charge in [-0.25, -0.2) is 19.3 Å². The number of nitrogens with two attached hydrogens (primary N) is 2. The number of nitrogens with zero attached hydrogens (tertiary/aromatic N) is 8. The van der Waals surface area contributed by atoms with E-state index in [1.54, 1.807) is 47.4 Å². The molecule has 20 nitrogen and oxygen atoms in total. The quantitative estimate of drug-likeness (QED) is 0.0260. The molecular weight excluding hydrogens is 1090 g/mol. The van der Waals surface area contributed by atoms with Gasteiger partial charge in [0.15, 0.2) is 29.8 Å². The predicted molar refractivity (Wildman–Crippen MR) is 300 cm³/mol. The summed E-state index contributed by atoms with van der Waals surface area (Å²) in [4.78, 5) is 83.6. The molecule has 404 valence electrons. The lowest BCUT2D eigenvalue weighted by molar-refractivity contribution is -0.689. The van der Waals surface area contributed by atoms with Crippen LogP contribution in [0.3, 0.4) is 0 Å². The number of thioether (sulfide) groups is 1. The van der Waals surface area contributed by atoms with Gasteiger partial charge in [-0.2, -0.15) is 0 Å². The van der Waals surface area contributed by atoms with Gasteiger partial charge in [-0.1, -0.05) is 46.6 Å². The minimum Gasteiger partial charge on any atom is -0.543 e. The maximum absolute atomic E-state index is 13.1. The predicted octanol–water partition coefficient (Wildman–Crippen LogP) is 6.37. The van der Waals surface area contributed by atoms with Crippen molar-refractivity contribution in [1.29, 1.82) is 0 Å². The first-order valence-electron chi connectivity index (χ1n) is 24.1. The average Bonchev–Trinajstić information content (AvgIpc) is 3.99. The fraction of sp³-hybridized carbons (Fsp3) is 0.182. The Bertz CT molecular complexity index is 3670. The smallest absolute Gasteiger partial charge is 0.350 e. The van der Waals surface area contributed by atoms with Gasteiger partial charge < -0.3 is 46.5 Å². The summed E-state index contributed by atoms with van der Waals surface area (Å²) in [5.74, 6) is -4.45. The van der Waals surface area contributed by atoms with Crippen LogP contribution < -0.4 is 37.1 Å². The molecule has 3 aromatic heterocycles. The first kappa shape index (κ1) is 56.5. The van der Waals surface area contributed by atoms with Gasteiger partial charge in [0.2, 0.25) is 11.5 Å². The summed E-state index contributed by atoms with van der Waals surface area (Å²) in [7, 11) is 0. The number of β-lactam (4-membered cyclic amide) rings is 1. The van der Waals surface area contributed by atoms with Gasteiger partial charge in [0, 0.05) is 68.7 Å². The standard InChI is InChI=1S/C27H22Cl2N4.C22H22N6O7S2.C6H6N2O/c1-17(2)30-24-16-27-25(15-23(24)31-20-11-7-18(28)8-12-20)32-22-5-3-4-6-26(22)33(27)21-13-9-19(29)10-14-21;1-22(2,20(33)34)35-26-13(12-10-37-21(23)24-12)16(29)25-14-17(30)28-15(19(31)32)11(9-36-18(14)28)8-27-6-4-3-5-7-27;7-6(9)5-2-1-3-8-4-5/h3-17,31H,1-2H3;3-7,10,14,18H,8-9H2,1-2H3,(H4-,23,24,25,29,31,32,33,34);1-4H,(H2,7,9)/b30-24+;26-13-;/t;14-,18-;/m.1./s1. The Kier molecular flexibility index (Phi) is 17.7. The van der Waals surface area contributed by atoms with Gasteiger partial charge >= 0.3 is 5.97 Å². The number of fused-ring (bicyclic) bond motifs is 3. The van der Waals surface area contributed by atoms with Crippen LogP contribution in [-0.4, -0.2) is 93.7 Å². The molecule has 3 aromatic carbocycles. The second kappa shape index (κ2) is 24.7. The lowest BCUT2D eigenvalue weighted by atomic mass is 10.0. The molecule has 24 heteroatoms. The van der Waals surface area contributed by atoms with Crippen molar-refractivity contribution in [2.75, 3.05) is 16.8 Å². The number of nitrogen functional groups attached to an aromatic ring is 1. The number of carboxylic acid groups (broad SMARTS) is 2. The van der Waals surface area contributed by atoms with Crippen LogP contribution in [-0.2, 0) is 30.6 Å². The second-order valence-electron chi connectivity index (χ2n) is 18.3. The number of anilines is 3. The normalized spacial score (nSPS) is 15.3. The topological polar surface area (TPSA) is 289 Å². The number of halogens is 2. The van der Waals surface area contributed by atoms with E-state index in [0.717, 1.165) is 61.1 Å². The fourth-order valence-electron chi connectivity index (χ4n) is 7.96. The van der Waals surface area contributed by atoms with Crippen LogP contribution >= 0.6 is 46.3 Å². The number of carbonyl (C=O) groups is 5. The number of aliphatic carboxylic acids is 2. The van der Waals surface area contributed by atoms with Gasteiger partial charge in [-0.3, -0.25) is 29.3 Å². The van der Waals surface area contributed by atoms with Crippen LogP contribution in [0.25, 0.3) is 28.1 Å². The molecule has 1 fully saturated rings. The van der Waals surface area contributed by atoms with Crippen LogP contribution in [0.15, 0.2) is 167 Å². The van der Waals surface area contributed by atoms with E-state index >= 15 is 0 Å². The van der Waals surface area contributed by atoms with E-state index in [2.05, 4.69) is 62.4 Å². The number of rotatable bonds is 14. The van der Waals surface area contributed by atoms with Crippen LogP contribution in [0.1, 0.15) is 43.7 Å². The third-order valence-electron chi connectivity index (χ3n) is 11.8. The van der Waals surface area contributed by atoms with Gasteiger partial charge in [0.05, 0.1) is 50.7 Å². The van der Waals surface area contributed by atoms with Gasteiger partial charge in [0.25, 0.3) is 11.8 Å². The van der Waals surface area contributed by atoms with Crippen LogP contribution in [0.2, 0.25) is 10.0 Å². The number of pyridine rings is 2. The van der Waals surface area contributed by atoms with Gasteiger partial charge in [-0.05, 0) is 113 Å². The van der Waals surface area contributed by atoms with Crippen LogP contribution in [0.4, 0.5) is 16.5 Å². The van der Waals surface area contributed by atoms with Crippen molar-refractivity contribution in [2.45, 2.75) is 57.3 Å². The molecule has 0 radical (unpaired) electrons. The Morgan fingerprint density at radius 1 is 0.949 bits per heavy atom. The Morgan fingerprint density at radius 2 is 1.65 bits per heavy atom. The van der Waals surface area contributed by atoms with Crippen LogP contribution in [0, 0.1) is 0 Å². The van der Waals surface area contributed by atoms with E-state index in [-0.39, 0.29) is 34.8 Å². The molecule has 7 N–H and O–H groups in total. The molecular formula is C55H50Cl2N12O8S2. The molecule has 1 aliphatic carbocycles. The molecule has 3 aliphatic heterocycles. The number of carboxylic acids is 2. The number of thiazole rings is 1. The molecule has 0 saturated carbocycles. The molecule has 6 heterocycles. The van der Waals surface area contributed by atoms with E-state index in [4.69, 9.17) is 49.5 Å². The van der Waals surface area contributed by atoms with E-state index in [1.165, 1.54) is 37.2 Å². The Hall–Kier alpha value is -8.70. The first-order valence-corrected chi connectivity index (χ1v) is 26.8. The summed E-state index contributed by atoms with van der Waals surface area (Å²) in [6, 6.07) is 35.6. The maximum Gasteiger partial charge on any atom is 0.350 e. The number of amides is 3. The summed E-state index contributed by atoms with van der Waals surface area (Å²) >= 11 is 14.6. The molecule has 3 amide bonds. The summed E-state index contributed by atoms with van der Waals surface area (Å²) in [5.41, 5.74) is 15.8. The molecule has 10 rings (SSSR count). The average molecular weight is 1140 g/mol. The molecule has 1 saturated heterocycles. The van der Waals surface area contributed by atoms with Crippen molar-refractivity contribution in [3.05, 3.63) is 183 Å². The third-order valence-corrected chi connectivity index (χ3v) is 14.3. The number of para-hydroxylation sites is 2. The number of primary amides is 1. The zero-order chi connectivity index (χ0) is 56.5. The van der Waals surface area contributed by atoms with Crippen molar-refractivity contribution in [2.24, 2.45) is 15.9 Å². The Balaban J connectivity index is 0.000000180. The summed E-state index contributed by atoms with van der Waals surface area (Å²) in [6.07, 6.45) is 6.57. The zero-order valence-electron chi connectivity index (χ0n) is 42.6. The van der Waals surface area contributed by atoms with Crippen LogP contribution in [0.5, 0.6) is 0 Å². The van der Waals surface area contributed by atoms with E-state index < -0.39 is 46.7 Å². The minimum atomic E-state index is -1.75. The number of hydrogen-bond donors (Lipinski definition) is 5. The first-order chi connectivity index (χ1) is 37.8. The molecule has 0 spiro atoms. The highest BCUT2D eigenvalue weighted by Gasteiger charge is 2.53. The fourth-order valence-corrected chi connectivity index (χ4v) is 10.1. The number of nitrogens with one attached hydrogen (secondary N) is 2. The van der Waals surface area contributed by atoms with Gasteiger partial charge in [0.1, 0.15) is 17.1 Å². The van der Waals surface area contributed by atoms with Crippen molar-refractivity contribution >= 4 is 109 Å². The number of benzene rings is 4. The highest BCUT2D eigenvalue weighted by Crippen LogP contribution is 2.40. The number of carbonyl (C=O) groups excluding carboxylic acids is 4. The molecule has 6 aromatic rings. The zero-order valence-corrected chi connectivity index (χ0v) is 45.8. The lowest BCUT2D eigenvalue weighted by Gasteiger charge is -2.50. The number of oxime groups is 1. The highest BCUT2D eigenvalue weighted by molar-refractivity contribution is 8.00. The Labute approximate surface area is 470 Å². The third kappa shape index (κ3) is 13.5. The van der Waals surface area contributed by atoms with Crippen molar-refractivity contribution in [1.82, 2.24) is 29.7 Å².